The van der Waals surface area contributed by atoms with E-state index < -0.39 is 12.5 Å². The summed E-state index contributed by atoms with van der Waals surface area (Å²) in [6, 6.07) is 26.5. The lowest BCUT2D eigenvalue weighted by Crippen LogP contribution is -2.42. The van der Waals surface area contributed by atoms with Gasteiger partial charge >= 0.3 is 0 Å². The Labute approximate surface area is 146 Å². The zero-order chi connectivity index (χ0) is 17.2. The normalized spacial score (nSPS) is 19.7. The molecule has 4 rings (SSSR count). The smallest absolute Gasteiger partial charge is 0.259 e. The minimum atomic E-state index is -2.42. The molecular formula is C22H19F2N. The third kappa shape index (κ3) is 2.91. The highest BCUT2D eigenvalue weighted by Gasteiger charge is 2.38. The molecule has 0 unspecified atom stereocenters. The summed E-state index contributed by atoms with van der Waals surface area (Å²) in [7, 11) is 0. The van der Waals surface area contributed by atoms with Crippen LogP contribution < -0.4 is 4.90 Å². The van der Waals surface area contributed by atoms with Crippen molar-refractivity contribution in [3.63, 3.8) is 0 Å². The Balaban J connectivity index is 1.87. The summed E-state index contributed by atoms with van der Waals surface area (Å²) < 4.78 is 28.0. The zero-order valence-electron chi connectivity index (χ0n) is 13.7. The van der Waals surface area contributed by atoms with Crippen molar-refractivity contribution in [2.75, 3.05) is 4.90 Å². The minimum absolute atomic E-state index is 0.0173. The maximum absolute atomic E-state index is 14.0. The van der Waals surface area contributed by atoms with Gasteiger partial charge in [-0.15, -0.1) is 0 Å². The molecule has 0 aliphatic carbocycles. The molecule has 25 heavy (non-hydrogen) atoms. The van der Waals surface area contributed by atoms with Crippen molar-refractivity contribution in [2.45, 2.75) is 24.8 Å². The molecule has 1 heterocycles. The van der Waals surface area contributed by atoms with Gasteiger partial charge in [0.1, 0.15) is 0 Å². The van der Waals surface area contributed by atoms with Gasteiger partial charge < -0.3 is 4.90 Å². The quantitative estimate of drug-likeness (QED) is 0.568. The lowest BCUT2D eigenvalue weighted by atomic mass is 9.81. The number of fused-ring (bicyclic) bond motifs is 1. The van der Waals surface area contributed by atoms with Crippen molar-refractivity contribution in [3.8, 4) is 0 Å². The fourth-order valence-corrected chi connectivity index (χ4v) is 3.79. The van der Waals surface area contributed by atoms with Gasteiger partial charge in [-0.2, -0.15) is 0 Å². The molecule has 0 amide bonds. The predicted octanol–water partition coefficient (Wildman–Crippen LogP) is 5.99. The topological polar surface area (TPSA) is 3.24 Å². The van der Waals surface area contributed by atoms with Crippen LogP contribution in [0.2, 0.25) is 0 Å². The third-order valence-electron chi connectivity index (χ3n) is 4.91. The number of alkyl halides is 2. The number of nitrogens with zero attached hydrogens (tertiary/aromatic N) is 1. The third-order valence-corrected chi connectivity index (χ3v) is 4.91. The molecule has 3 aromatic carbocycles. The van der Waals surface area contributed by atoms with E-state index in [2.05, 4.69) is 6.07 Å². The average Bonchev–Trinajstić information content (AvgIpc) is 2.68. The fourth-order valence-electron chi connectivity index (χ4n) is 3.79. The Morgan fingerprint density at radius 2 is 1.36 bits per heavy atom. The highest BCUT2D eigenvalue weighted by molar-refractivity contribution is 5.71. The van der Waals surface area contributed by atoms with Crippen molar-refractivity contribution in [2.24, 2.45) is 0 Å². The highest BCUT2D eigenvalue weighted by atomic mass is 19.3. The lowest BCUT2D eigenvalue weighted by Gasteiger charge is -2.42. The molecule has 1 nitrogen and oxygen atoms in total. The molecule has 1 aliphatic heterocycles. The first kappa shape index (κ1) is 15.8. The Hall–Kier alpha value is -2.68. The molecule has 0 aromatic heterocycles. The molecule has 0 N–H and O–H groups in total. The summed E-state index contributed by atoms with van der Waals surface area (Å²) in [5, 5.41) is 0. The summed E-state index contributed by atoms with van der Waals surface area (Å²) in [6.07, 6.45) is -2.02. The molecule has 0 radical (unpaired) electrons. The van der Waals surface area contributed by atoms with Crippen LogP contribution in [-0.2, 0) is 0 Å². The molecule has 3 heteroatoms. The number of hydrogen-bond acceptors (Lipinski definition) is 1. The van der Waals surface area contributed by atoms with E-state index in [1.807, 2.05) is 78.9 Å². The maximum Gasteiger partial charge on any atom is 0.259 e. The summed E-state index contributed by atoms with van der Waals surface area (Å²) in [5.74, 6) is -0.0173. The minimum Gasteiger partial charge on any atom is -0.332 e. The summed E-state index contributed by atoms with van der Waals surface area (Å²) in [4.78, 5) is 1.80. The van der Waals surface area contributed by atoms with Crippen LogP contribution >= 0.6 is 0 Å². The second-order valence-electron chi connectivity index (χ2n) is 6.37. The highest BCUT2D eigenvalue weighted by Crippen LogP contribution is 2.46. The standard InChI is InChI=1S/C22H19F2N/c23-22(24)21-15-19(16-9-3-1-4-10-16)18-13-7-8-14-20(18)25(21)17-11-5-2-6-12-17/h1-14,19,21-22H,15H2/t19-,21-/m1/s1. The monoisotopic (exact) mass is 335 g/mol. The second-order valence-corrected chi connectivity index (χ2v) is 6.37. The lowest BCUT2D eigenvalue weighted by molar-refractivity contribution is 0.108. The Morgan fingerprint density at radius 1 is 0.760 bits per heavy atom. The van der Waals surface area contributed by atoms with Crippen LogP contribution in [0, 0.1) is 0 Å². The molecule has 1 aliphatic rings. The Kier molecular flexibility index (Phi) is 4.22. The molecular weight excluding hydrogens is 316 g/mol. The second kappa shape index (κ2) is 6.67. The first-order valence-corrected chi connectivity index (χ1v) is 8.52. The average molecular weight is 335 g/mol. The van der Waals surface area contributed by atoms with Crippen LogP contribution in [0.25, 0.3) is 0 Å². The van der Waals surface area contributed by atoms with Crippen LogP contribution in [0.4, 0.5) is 20.2 Å². The van der Waals surface area contributed by atoms with Gasteiger partial charge in [-0.25, -0.2) is 8.78 Å². The number of rotatable bonds is 3. The molecule has 3 aromatic rings. The number of anilines is 2. The van der Waals surface area contributed by atoms with Gasteiger partial charge in [-0.1, -0.05) is 66.7 Å². The van der Waals surface area contributed by atoms with Crippen molar-refractivity contribution < 1.29 is 8.78 Å². The number of hydrogen-bond donors (Lipinski definition) is 0. The molecule has 2 atom stereocenters. The summed E-state index contributed by atoms with van der Waals surface area (Å²) in [6.45, 7) is 0. The predicted molar refractivity (Wildman–Crippen MR) is 97.7 cm³/mol. The van der Waals surface area contributed by atoms with E-state index in [0.29, 0.717) is 6.42 Å². The van der Waals surface area contributed by atoms with E-state index >= 15 is 0 Å². The van der Waals surface area contributed by atoms with Gasteiger partial charge in [0.2, 0.25) is 0 Å². The first-order chi connectivity index (χ1) is 12.3. The van der Waals surface area contributed by atoms with E-state index in [1.54, 1.807) is 4.90 Å². The fraction of sp³-hybridized carbons (Fsp3) is 0.182. The van der Waals surface area contributed by atoms with Gasteiger partial charge in [0.15, 0.2) is 0 Å². The maximum atomic E-state index is 14.0. The van der Waals surface area contributed by atoms with Crippen LogP contribution in [0.15, 0.2) is 84.9 Å². The van der Waals surface area contributed by atoms with E-state index in [4.69, 9.17) is 0 Å². The SMILES string of the molecule is FC(F)[C@H]1C[C@H](c2ccccc2)c2ccccc2N1c1ccccc1. The van der Waals surface area contributed by atoms with Gasteiger partial charge in [-0.3, -0.25) is 0 Å². The summed E-state index contributed by atoms with van der Waals surface area (Å²) in [5.41, 5.74) is 3.88. The van der Waals surface area contributed by atoms with E-state index in [0.717, 1.165) is 22.5 Å². The molecule has 0 saturated carbocycles. The molecule has 0 bridgehead atoms. The van der Waals surface area contributed by atoms with Crippen LogP contribution in [0.3, 0.4) is 0 Å². The first-order valence-electron chi connectivity index (χ1n) is 8.52. The number of para-hydroxylation sites is 2. The summed E-state index contributed by atoms with van der Waals surface area (Å²) >= 11 is 0. The van der Waals surface area contributed by atoms with Crippen molar-refractivity contribution in [1.82, 2.24) is 0 Å². The Morgan fingerprint density at radius 3 is 2.04 bits per heavy atom. The molecule has 126 valence electrons. The van der Waals surface area contributed by atoms with Crippen LogP contribution in [-0.4, -0.2) is 12.5 Å². The van der Waals surface area contributed by atoms with E-state index in [1.165, 1.54) is 0 Å². The zero-order valence-corrected chi connectivity index (χ0v) is 13.7. The van der Waals surface area contributed by atoms with Crippen molar-refractivity contribution in [1.29, 1.82) is 0 Å². The van der Waals surface area contributed by atoms with Crippen molar-refractivity contribution in [3.05, 3.63) is 96.1 Å². The molecule has 0 spiro atoms. The molecule has 0 fully saturated rings. The largest absolute Gasteiger partial charge is 0.332 e. The molecule has 0 saturated heterocycles. The van der Waals surface area contributed by atoms with E-state index in [9.17, 15) is 8.78 Å². The van der Waals surface area contributed by atoms with Crippen LogP contribution in [0.5, 0.6) is 0 Å². The number of halogens is 2. The number of benzene rings is 3. The van der Waals surface area contributed by atoms with Gasteiger partial charge in [-0.05, 0) is 35.7 Å². The van der Waals surface area contributed by atoms with Gasteiger partial charge in [0.05, 0.1) is 6.04 Å². The van der Waals surface area contributed by atoms with Crippen LogP contribution in [0.1, 0.15) is 23.5 Å². The van der Waals surface area contributed by atoms with Gasteiger partial charge in [0.25, 0.3) is 6.43 Å². The van der Waals surface area contributed by atoms with E-state index in [-0.39, 0.29) is 5.92 Å². The Bertz CT molecular complexity index is 833. The van der Waals surface area contributed by atoms with Gasteiger partial charge in [0, 0.05) is 17.3 Å². The van der Waals surface area contributed by atoms with Crippen molar-refractivity contribution >= 4 is 11.4 Å².